The van der Waals surface area contributed by atoms with E-state index in [1.165, 1.54) is 38.7 Å². The van der Waals surface area contributed by atoms with E-state index < -0.39 is 28.7 Å². The Hall–Kier alpha value is -7.14. The summed E-state index contributed by atoms with van der Waals surface area (Å²) in [5.41, 5.74) is -0.548. The number of amides is 4. The molecule has 0 saturated heterocycles. The number of nitrogens with one attached hydrogen (secondary N) is 6. The smallest absolute Gasteiger partial charge is 0.352 e. The molecule has 7 N–H and O–H groups in total. The van der Waals surface area contributed by atoms with E-state index in [0.717, 1.165) is 61.5 Å². The summed E-state index contributed by atoms with van der Waals surface area (Å²) < 4.78 is 18.9. The number of carboxylic acid groups (broad SMARTS) is 1. The molecule has 3 aromatic heterocycles. The van der Waals surface area contributed by atoms with Crippen molar-refractivity contribution >= 4 is 106 Å². The lowest BCUT2D eigenvalue weighted by atomic mass is 9.80. The Labute approximate surface area is 589 Å². The molecule has 4 amide bonds. The molecule has 8 unspecified atom stereocenters. The number of carbonyl (C=O) groups excluding carboxylic acids is 5. The Morgan fingerprint density at radius 1 is 0.796 bits per heavy atom. The molecule has 98 heavy (non-hydrogen) atoms. The van der Waals surface area contributed by atoms with Crippen LogP contribution in [0.1, 0.15) is 130 Å². The number of thiocarbonyl (C=S) groups is 1. The monoisotopic (exact) mass is 1460 g/mol. The van der Waals surface area contributed by atoms with Gasteiger partial charge in [0.15, 0.2) is 6.15 Å². The van der Waals surface area contributed by atoms with Gasteiger partial charge in [-0.15, -0.1) is 35.3 Å². The van der Waals surface area contributed by atoms with E-state index >= 15 is 0 Å². The molecule has 2 aromatic carbocycles. The number of ether oxygens (including phenoxy) is 2. The van der Waals surface area contributed by atoms with E-state index in [9.17, 15) is 53.1 Å². The number of fused-ring (bicyclic) bond motifs is 1. The van der Waals surface area contributed by atoms with Gasteiger partial charge in [-0.1, -0.05) is 74.2 Å². The van der Waals surface area contributed by atoms with Gasteiger partial charge in [0.25, 0.3) is 0 Å². The minimum atomic E-state index is -1.07. The molecular weight excluding hydrogens is 1370 g/mol. The Morgan fingerprint density at radius 3 is 1.93 bits per heavy atom. The van der Waals surface area contributed by atoms with Crippen molar-refractivity contribution in [2.75, 3.05) is 32.8 Å². The molecule has 1 aliphatic carbocycles. The van der Waals surface area contributed by atoms with Crippen LogP contribution in [0.2, 0.25) is 0 Å². The maximum absolute atomic E-state index is 13.2. The van der Waals surface area contributed by atoms with E-state index in [-0.39, 0.29) is 77.6 Å². The zero-order valence-electron chi connectivity index (χ0n) is 56.3. The van der Waals surface area contributed by atoms with E-state index in [1.807, 2.05) is 37.3 Å². The highest BCUT2D eigenvalue weighted by atomic mass is 32.2. The summed E-state index contributed by atoms with van der Waals surface area (Å²) in [5, 5.41) is 33.8. The number of ketones is 1. The van der Waals surface area contributed by atoms with E-state index in [1.54, 1.807) is 80.2 Å². The third-order valence-corrected chi connectivity index (χ3v) is 20.7. The number of aromatic nitrogens is 9. The summed E-state index contributed by atoms with van der Waals surface area (Å²) >= 11 is 6.52. The number of benzene rings is 2. The fourth-order valence-electron chi connectivity index (χ4n) is 10.3. The van der Waals surface area contributed by atoms with Crippen LogP contribution in [0.3, 0.4) is 0 Å². The van der Waals surface area contributed by atoms with Crippen LogP contribution in [0, 0.1) is 17.3 Å². The lowest BCUT2D eigenvalue weighted by Gasteiger charge is -2.26. The molecule has 8 atom stereocenters. The number of hydrogen-bond acceptors (Lipinski definition) is 16. The van der Waals surface area contributed by atoms with E-state index in [2.05, 4.69) is 85.1 Å². The van der Waals surface area contributed by atoms with Crippen LogP contribution in [-0.2, 0) is 48.5 Å². The van der Waals surface area contributed by atoms with Crippen LogP contribution < -0.4 is 53.5 Å². The first-order chi connectivity index (χ1) is 46.7. The number of thioether (sulfide) groups is 1. The molecule has 0 fully saturated rings. The number of aliphatic carboxylic acids is 1. The third kappa shape index (κ3) is 27.5. The standard InChI is InChI=1S/C43H59N5O8S2.C21H26N8O5.CH9BP4/c1-6-12-35-14-11-24-46-41(54)47(42(55)48(35)46)34-18-20-36(21-19-34)56-28-32-17-16-31(25-32)26-38(50)44-22-8-7-9-23-45-39(51)33(27-43(4,5)40(52)53)13-10-15-37(29(2)49)58-30(3)57;1-2-18(30)22-10-4-3-5-11-23-19(31)13-28-12-15(24-27-28)14-34-17-8-6-16(7-9-17)29-20(32)25-26-21(29)33;3-1(4)2(5)6/h11,14,16-21,25,31,33,35,37H,6-10,12-13,15,22-24,26-28H2,1-5H3,(H,44,50)(H,45,51)(H,52,53);2,6-9,12H,1,3-5,10-11,13-14H2,(H,22,30)(H,23,31)(H,25,32)(H,26,33);1H,3-6H2. The third-order valence-electron chi connectivity index (χ3n) is 15.6. The summed E-state index contributed by atoms with van der Waals surface area (Å²) in [6.07, 6.45) is 21.9. The first-order valence-corrected chi connectivity index (χ1v) is 36.6. The number of H-pyrrole nitrogens is 2. The molecular formula is C65H94BN13O13P4S2. The number of unbranched alkanes of at least 4 members (excludes halogenated alkanes) is 4. The van der Waals surface area contributed by atoms with Crippen molar-refractivity contribution in [3.8, 4) is 22.9 Å². The van der Waals surface area contributed by atoms with E-state index in [4.69, 9.17) is 21.7 Å². The first-order valence-electron chi connectivity index (χ1n) is 32.6. The second-order valence-electron chi connectivity index (χ2n) is 24.2. The molecule has 0 spiro atoms. The Kier molecular flexibility index (Phi) is 35.0. The highest BCUT2D eigenvalue weighted by Gasteiger charge is 2.34. The maximum atomic E-state index is 13.2. The van der Waals surface area contributed by atoms with E-state index in [0.29, 0.717) is 109 Å². The highest BCUT2D eigenvalue weighted by molar-refractivity contribution is 8.23. The quantitative estimate of drug-likeness (QED) is 0.00535. The van der Waals surface area contributed by atoms with Gasteiger partial charge < -0.3 is 35.8 Å². The fraction of sp³-hybridized carbons (Fsp3) is 0.492. The summed E-state index contributed by atoms with van der Waals surface area (Å²) in [4.78, 5) is 122. The Balaban J connectivity index is 0.000000364. The van der Waals surface area contributed by atoms with Crippen molar-refractivity contribution < 1.29 is 43.3 Å². The average molecular weight is 1460 g/mol. The van der Waals surface area contributed by atoms with Crippen molar-refractivity contribution in [3.63, 3.8) is 0 Å². The molecule has 5 aromatic rings. The van der Waals surface area contributed by atoms with Crippen molar-refractivity contribution in [1.82, 2.24) is 65.0 Å². The van der Waals surface area contributed by atoms with Gasteiger partial charge in [0, 0.05) is 48.6 Å². The number of rotatable bonds is 38. The summed E-state index contributed by atoms with van der Waals surface area (Å²) in [7, 11) is 10.8. The van der Waals surface area contributed by atoms with Crippen molar-refractivity contribution in [2.24, 2.45) is 17.3 Å². The lowest BCUT2D eigenvalue weighted by molar-refractivity contribution is -0.148. The van der Waals surface area contributed by atoms with Gasteiger partial charge in [0.1, 0.15) is 42.7 Å². The Bertz CT molecular complexity index is 3790. The van der Waals surface area contributed by atoms with Crippen LogP contribution in [0.5, 0.6) is 11.5 Å². The molecule has 4 heterocycles. The van der Waals surface area contributed by atoms with Crippen molar-refractivity contribution in [1.29, 1.82) is 0 Å². The summed E-state index contributed by atoms with van der Waals surface area (Å²) in [5.74, 6) is -0.950. The number of Topliss-reactive ketones (excluding diaryl/α,β-unsaturated/α-hetero) is 1. The van der Waals surface area contributed by atoms with Crippen LogP contribution in [0.4, 0.5) is 0 Å². The number of allylic oxidation sites excluding steroid dienone is 4. The van der Waals surface area contributed by atoms with Gasteiger partial charge in [0.05, 0.1) is 40.8 Å². The van der Waals surface area contributed by atoms with Gasteiger partial charge in [-0.2, -0.15) is 18.2 Å². The van der Waals surface area contributed by atoms with Crippen LogP contribution in [-0.4, -0.2) is 138 Å². The molecule has 0 radical (unpaired) electrons. The number of carboxylic acids is 1. The summed E-state index contributed by atoms with van der Waals surface area (Å²) in [6.45, 7) is 14.9. The second-order valence-corrected chi connectivity index (χ2v) is 31.1. The van der Waals surface area contributed by atoms with Crippen molar-refractivity contribution in [3.05, 3.63) is 151 Å². The predicted molar refractivity (Wildman–Crippen MR) is 402 cm³/mol. The second kappa shape index (κ2) is 42.1. The summed E-state index contributed by atoms with van der Waals surface area (Å²) in [6, 6.07) is 13.2. The van der Waals surface area contributed by atoms with Crippen molar-refractivity contribution in [2.45, 2.75) is 154 Å². The topological polar surface area (TPSA) is 340 Å². The molecule has 33 heteroatoms. The largest absolute Gasteiger partial charge is 0.489 e. The minimum Gasteiger partial charge on any atom is -0.489 e. The van der Waals surface area contributed by atoms with Crippen LogP contribution in [0.15, 0.2) is 123 Å². The highest BCUT2D eigenvalue weighted by Crippen LogP contribution is 2.31. The SMILES string of the molecule is C=CC(=O)NCCCCCNC(=O)Cn1cc(COc2ccc(-n3c(=O)[nH][nH]c3=O)cc2)nn1.CCCC1C=CCn2c(=O)n(-c3ccc(OCC4=CC(CC(=O)NCCCCCNC(=O)C(CCCC(SC(C)=S)C(C)=O)CC(C)(C)C(=O)O)C=C4)cc3)c(=O)n21.PB(P)C(P)P. The van der Waals surface area contributed by atoms with Gasteiger partial charge in [-0.3, -0.25) is 28.8 Å². The minimum absolute atomic E-state index is 0.0348. The normalized spacial score (nSPS) is 14.3. The number of hydrogen-bond donors (Lipinski definition) is 7. The molecule has 7 rings (SSSR count). The molecule has 26 nitrogen and oxygen atoms in total. The molecule has 0 saturated carbocycles. The van der Waals surface area contributed by atoms with Gasteiger partial charge in [-0.05, 0) is 157 Å². The first kappa shape index (κ1) is 81.5. The predicted octanol–water partition coefficient (Wildman–Crippen LogP) is 6.77. The molecule has 2 aliphatic rings. The number of carbonyl (C=O) groups is 6. The number of aromatic amines is 2. The fourth-order valence-corrected chi connectivity index (χ4v) is 11.5. The molecule has 0 bridgehead atoms. The number of nitrogens with zero attached hydrogens (tertiary/aromatic N) is 7. The zero-order valence-corrected chi connectivity index (χ0v) is 62.5. The van der Waals surface area contributed by atoms with Gasteiger partial charge in [0.2, 0.25) is 23.6 Å². The van der Waals surface area contributed by atoms with Gasteiger partial charge >= 0.3 is 28.7 Å². The lowest BCUT2D eigenvalue weighted by Crippen LogP contribution is -2.36. The zero-order chi connectivity index (χ0) is 71.9. The van der Waals surface area contributed by atoms with Crippen LogP contribution in [0.25, 0.3) is 11.4 Å². The maximum Gasteiger partial charge on any atom is 0.352 e. The average Bonchev–Trinajstić information content (AvgIpc) is 1.61. The Morgan fingerprint density at radius 2 is 1.37 bits per heavy atom. The van der Waals surface area contributed by atoms with Gasteiger partial charge in [-0.25, -0.2) is 52.6 Å². The molecule has 532 valence electrons. The molecule has 1 aliphatic heterocycles. The van der Waals surface area contributed by atoms with Crippen LogP contribution >= 0.6 is 60.7 Å².